The van der Waals surface area contributed by atoms with Crippen LogP contribution in [0.1, 0.15) is 6.42 Å². The Morgan fingerprint density at radius 2 is 2.64 bits per heavy atom. The Morgan fingerprint density at radius 1 is 1.82 bits per heavy atom. The summed E-state index contributed by atoms with van der Waals surface area (Å²) in [6.45, 7) is 0. The van der Waals surface area contributed by atoms with Crippen molar-refractivity contribution in [1.82, 2.24) is 4.90 Å². The van der Waals surface area contributed by atoms with Gasteiger partial charge in [0.05, 0.1) is 17.4 Å². The van der Waals surface area contributed by atoms with Gasteiger partial charge in [-0.15, -0.1) is 11.8 Å². The molecule has 2 atom stereocenters. The Bertz CT molecular complexity index is 268. The molecule has 0 saturated carbocycles. The van der Waals surface area contributed by atoms with E-state index in [-0.39, 0.29) is 17.2 Å². The van der Waals surface area contributed by atoms with E-state index < -0.39 is 0 Å². The van der Waals surface area contributed by atoms with Crippen molar-refractivity contribution in [2.75, 3.05) is 0 Å². The second-order valence-corrected chi connectivity index (χ2v) is 3.55. The molecule has 1 fully saturated rings. The lowest BCUT2D eigenvalue weighted by Crippen LogP contribution is -2.54. The average Bonchev–Trinajstić information content (AvgIpc) is 2.44. The number of carbonyl (C=O) groups excluding carboxylic acids is 1. The summed E-state index contributed by atoms with van der Waals surface area (Å²) < 4.78 is 0. The molecule has 0 aromatic rings. The molecule has 1 unspecified atom stereocenters. The normalized spacial score (nSPS) is 33.0. The molecular weight excluding hydrogens is 160 g/mol. The summed E-state index contributed by atoms with van der Waals surface area (Å²) in [4.78, 5) is 12.8. The minimum absolute atomic E-state index is 0.0556. The highest BCUT2D eigenvalue weighted by molar-refractivity contribution is 8.03. The first kappa shape index (κ1) is 6.74. The minimum atomic E-state index is -0.0556. The van der Waals surface area contributed by atoms with Crippen LogP contribution in [0.25, 0.3) is 0 Å². The fourth-order valence-corrected chi connectivity index (χ4v) is 2.41. The number of amides is 1. The van der Waals surface area contributed by atoms with Crippen LogP contribution < -0.4 is 0 Å². The van der Waals surface area contributed by atoms with Crippen LogP contribution in [-0.4, -0.2) is 16.2 Å². The van der Waals surface area contributed by atoms with E-state index in [1.807, 2.05) is 11.5 Å². The van der Waals surface area contributed by atoms with E-state index in [2.05, 4.69) is 0 Å². The summed E-state index contributed by atoms with van der Waals surface area (Å²) in [6.07, 6.45) is 2.14. The Balaban J connectivity index is 2.08. The molecule has 2 aliphatic heterocycles. The van der Waals surface area contributed by atoms with E-state index in [4.69, 9.17) is 5.26 Å². The molecule has 0 spiro atoms. The van der Waals surface area contributed by atoms with Crippen LogP contribution in [0.3, 0.4) is 0 Å². The van der Waals surface area contributed by atoms with E-state index in [1.165, 1.54) is 0 Å². The van der Waals surface area contributed by atoms with Crippen molar-refractivity contribution in [1.29, 1.82) is 5.26 Å². The highest BCUT2D eigenvalue weighted by Gasteiger charge is 2.48. The third kappa shape index (κ3) is 0.778. The summed E-state index contributed by atoms with van der Waals surface area (Å²) in [7, 11) is 0. The maximum Gasteiger partial charge on any atom is 0.234 e. The van der Waals surface area contributed by atoms with E-state index in [9.17, 15) is 4.79 Å². The van der Waals surface area contributed by atoms with Crippen molar-refractivity contribution >= 4 is 17.7 Å². The highest BCUT2D eigenvalue weighted by Crippen LogP contribution is 2.41. The zero-order valence-corrected chi connectivity index (χ0v) is 6.54. The van der Waals surface area contributed by atoms with Crippen LogP contribution in [0.15, 0.2) is 11.6 Å². The fraction of sp³-hybridized carbons (Fsp3) is 0.429. The van der Waals surface area contributed by atoms with E-state index in [0.29, 0.717) is 6.42 Å². The van der Waals surface area contributed by atoms with Crippen molar-refractivity contribution in [2.24, 2.45) is 5.92 Å². The molecule has 1 saturated heterocycles. The molecule has 0 bridgehead atoms. The zero-order valence-electron chi connectivity index (χ0n) is 5.73. The van der Waals surface area contributed by atoms with Crippen molar-refractivity contribution < 1.29 is 4.79 Å². The molecule has 2 heterocycles. The summed E-state index contributed by atoms with van der Waals surface area (Å²) in [5, 5.41) is 10.5. The average molecular weight is 166 g/mol. The lowest BCUT2D eigenvalue weighted by molar-refractivity contribution is -0.144. The quantitative estimate of drug-likeness (QED) is 0.544. The number of nitrogens with zero attached hydrogens (tertiary/aromatic N) is 2. The summed E-state index contributed by atoms with van der Waals surface area (Å²) in [6, 6.07) is 2.02. The second-order valence-electron chi connectivity index (χ2n) is 2.53. The van der Waals surface area contributed by atoms with Gasteiger partial charge in [-0.05, 0) is 5.41 Å². The smallest absolute Gasteiger partial charge is 0.234 e. The van der Waals surface area contributed by atoms with E-state index >= 15 is 0 Å². The van der Waals surface area contributed by atoms with Gasteiger partial charge < -0.3 is 4.90 Å². The van der Waals surface area contributed by atoms with Crippen LogP contribution >= 0.6 is 11.8 Å². The Labute approximate surface area is 68.7 Å². The molecule has 56 valence electrons. The van der Waals surface area contributed by atoms with Gasteiger partial charge in [0.25, 0.3) is 0 Å². The van der Waals surface area contributed by atoms with Gasteiger partial charge >= 0.3 is 0 Å². The molecule has 4 heteroatoms. The Kier molecular flexibility index (Phi) is 1.40. The predicted molar refractivity (Wildman–Crippen MR) is 41.1 cm³/mol. The third-order valence-electron chi connectivity index (χ3n) is 1.94. The molecule has 0 aliphatic carbocycles. The molecule has 3 nitrogen and oxygen atoms in total. The van der Waals surface area contributed by atoms with Gasteiger partial charge in [-0.1, -0.05) is 0 Å². The molecule has 0 aromatic carbocycles. The number of rotatable bonds is 1. The van der Waals surface area contributed by atoms with E-state index in [0.717, 1.165) is 0 Å². The van der Waals surface area contributed by atoms with Crippen molar-refractivity contribution in [3.05, 3.63) is 11.6 Å². The number of β-lactam (4-membered cyclic amide) rings is 1. The molecule has 0 N–H and O–H groups in total. The monoisotopic (exact) mass is 166 g/mol. The first-order chi connectivity index (χ1) is 5.34. The van der Waals surface area contributed by atoms with Crippen LogP contribution in [-0.2, 0) is 4.79 Å². The largest absolute Gasteiger partial charge is 0.305 e. The van der Waals surface area contributed by atoms with Gasteiger partial charge in [0.1, 0.15) is 0 Å². The number of hydrogen-bond donors (Lipinski definition) is 0. The zero-order chi connectivity index (χ0) is 7.84. The third-order valence-corrected chi connectivity index (χ3v) is 3.05. The molecule has 0 radical (unpaired) electrons. The number of thioether (sulfide) groups is 1. The lowest BCUT2D eigenvalue weighted by atomic mass is 9.96. The first-order valence-electron chi connectivity index (χ1n) is 3.36. The van der Waals surface area contributed by atoms with Gasteiger partial charge in [0, 0.05) is 12.6 Å². The minimum Gasteiger partial charge on any atom is -0.305 e. The number of fused-ring (bicyclic) bond motifs is 1. The Morgan fingerprint density at radius 3 is 3.36 bits per heavy atom. The van der Waals surface area contributed by atoms with Crippen LogP contribution in [0.2, 0.25) is 0 Å². The van der Waals surface area contributed by atoms with Crippen molar-refractivity contribution in [2.45, 2.75) is 11.8 Å². The standard InChI is InChI=1S/C7H6N2OS/c8-2-1-5-6(10)9-3-4-11-7(5)9/h3-5,7H,1H2/t5?,7-/m0/s1. The maximum atomic E-state index is 11.1. The molecule has 2 aliphatic rings. The van der Waals surface area contributed by atoms with E-state index in [1.54, 1.807) is 22.9 Å². The highest BCUT2D eigenvalue weighted by atomic mass is 32.2. The Hall–Kier alpha value is -0.950. The molecule has 11 heavy (non-hydrogen) atoms. The number of carbonyl (C=O) groups is 1. The van der Waals surface area contributed by atoms with Gasteiger partial charge in [0.2, 0.25) is 5.91 Å². The predicted octanol–water partition coefficient (Wildman–Crippen LogP) is 0.903. The van der Waals surface area contributed by atoms with Crippen LogP contribution in [0.4, 0.5) is 0 Å². The molecule has 1 amide bonds. The van der Waals surface area contributed by atoms with Gasteiger partial charge in [-0.3, -0.25) is 4.79 Å². The summed E-state index contributed by atoms with van der Waals surface area (Å²) >= 11 is 1.62. The van der Waals surface area contributed by atoms with Gasteiger partial charge in [-0.2, -0.15) is 5.26 Å². The van der Waals surface area contributed by atoms with Crippen LogP contribution in [0.5, 0.6) is 0 Å². The SMILES string of the molecule is N#CCC1C(=O)N2C=CS[C@@H]12. The molecule has 2 rings (SSSR count). The molecule has 0 aromatic heterocycles. The van der Waals surface area contributed by atoms with Crippen molar-refractivity contribution in [3.63, 3.8) is 0 Å². The topological polar surface area (TPSA) is 44.1 Å². The summed E-state index contributed by atoms with van der Waals surface area (Å²) in [5.41, 5.74) is 0. The van der Waals surface area contributed by atoms with Gasteiger partial charge in [-0.25, -0.2) is 0 Å². The van der Waals surface area contributed by atoms with Gasteiger partial charge in [0.15, 0.2) is 0 Å². The lowest BCUT2D eigenvalue weighted by Gasteiger charge is -2.39. The van der Waals surface area contributed by atoms with Crippen molar-refractivity contribution in [3.8, 4) is 6.07 Å². The molecular formula is C7H6N2OS. The fourth-order valence-electron chi connectivity index (χ4n) is 1.34. The number of nitriles is 1. The number of hydrogen-bond acceptors (Lipinski definition) is 3. The maximum absolute atomic E-state index is 11.1. The first-order valence-corrected chi connectivity index (χ1v) is 4.30. The van der Waals surface area contributed by atoms with Crippen LogP contribution in [0, 0.1) is 17.2 Å². The second kappa shape index (κ2) is 2.28. The summed E-state index contributed by atoms with van der Waals surface area (Å²) in [5.74, 6) is 0.0396.